The monoisotopic (exact) mass is 369 g/mol. The van der Waals surface area contributed by atoms with Crippen molar-refractivity contribution >= 4 is 39.3 Å². The second-order valence-electron chi connectivity index (χ2n) is 4.68. The third kappa shape index (κ3) is 4.82. The van der Waals surface area contributed by atoms with Crippen LogP contribution in [0.5, 0.6) is 0 Å². The van der Waals surface area contributed by atoms with Crippen LogP contribution in [0, 0.1) is 0 Å². The normalized spacial score (nSPS) is 10.9. The Labute approximate surface area is 135 Å². The van der Waals surface area contributed by atoms with E-state index in [2.05, 4.69) is 36.8 Å². The van der Waals surface area contributed by atoms with E-state index in [0.29, 0.717) is 11.5 Å². The summed E-state index contributed by atoms with van der Waals surface area (Å²) in [5.74, 6) is 1.72. The average molecular weight is 370 g/mol. The van der Waals surface area contributed by atoms with E-state index >= 15 is 0 Å². The van der Waals surface area contributed by atoms with Crippen LogP contribution in [-0.4, -0.2) is 31.9 Å². The van der Waals surface area contributed by atoms with Gasteiger partial charge in [-0.3, -0.25) is 4.79 Å². The summed E-state index contributed by atoms with van der Waals surface area (Å²) in [4.78, 5) is 11.8. The van der Waals surface area contributed by atoms with Crippen LogP contribution in [0.1, 0.15) is 25.7 Å². The van der Waals surface area contributed by atoms with Crippen LogP contribution >= 0.6 is 27.7 Å². The molecule has 0 unspecified atom stereocenters. The molecule has 112 valence electrons. The van der Waals surface area contributed by atoms with Gasteiger partial charge in [0.15, 0.2) is 5.82 Å². The van der Waals surface area contributed by atoms with Crippen molar-refractivity contribution in [1.82, 2.24) is 20.2 Å². The highest BCUT2D eigenvalue weighted by atomic mass is 79.9. The highest BCUT2D eigenvalue weighted by Crippen LogP contribution is 2.16. The van der Waals surface area contributed by atoms with Crippen LogP contribution in [0.4, 0.5) is 5.69 Å². The molecule has 0 fully saturated rings. The molecule has 0 aliphatic rings. The minimum absolute atomic E-state index is 0.0362. The van der Waals surface area contributed by atoms with Crippen molar-refractivity contribution in [2.75, 3.05) is 11.1 Å². The van der Waals surface area contributed by atoms with E-state index in [1.54, 1.807) is 4.68 Å². The van der Waals surface area contributed by atoms with Gasteiger partial charge >= 0.3 is 0 Å². The molecule has 2 aromatic rings. The van der Waals surface area contributed by atoms with Crippen LogP contribution in [0.15, 0.2) is 28.7 Å². The zero-order chi connectivity index (χ0) is 15.2. The van der Waals surface area contributed by atoms with E-state index in [1.165, 1.54) is 11.8 Å². The number of carbonyl (C=O) groups excluding carboxylic acids is 1. The number of nitrogens with one attached hydrogen (secondary N) is 1. The number of tetrazole rings is 1. The number of carbonyl (C=O) groups is 1. The highest BCUT2D eigenvalue weighted by Gasteiger charge is 2.10. The zero-order valence-electron chi connectivity index (χ0n) is 11.8. The predicted molar refractivity (Wildman–Crippen MR) is 87.1 cm³/mol. The first kappa shape index (κ1) is 16.0. The van der Waals surface area contributed by atoms with Crippen molar-refractivity contribution in [1.29, 1.82) is 0 Å². The summed E-state index contributed by atoms with van der Waals surface area (Å²) in [6.07, 6.45) is 0. The van der Waals surface area contributed by atoms with Crippen molar-refractivity contribution < 1.29 is 4.79 Å². The third-order valence-electron chi connectivity index (χ3n) is 2.64. The second kappa shape index (κ2) is 7.56. The molecule has 1 aromatic carbocycles. The molecule has 0 saturated heterocycles. The quantitative estimate of drug-likeness (QED) is 0.847. The number of rotatable bonds is 6. The van der Waals surface area contributed by atoms with Gasteiger partial charge in [0, 0.05) is 10.2 Å². The van der Waals surface area contributed by atoms with Crippen molar-refractivity contribution in [2.45, 2.75) is 25.6 Å². The second-order valence-corrected chi connectivity index (χ2v) is 6.58. The number of benzene rings is 1. The van der Waals surface area contributed by atoms with Crippen LogP contribution in [0.2, 0.25) is 0 Å². The van der Waals surface area contributed by atoms with Gasteiger partial charge in [0.25, 0.3) is 0 Å². The standard InChI is InChI=1S/C13H16BrN5OS/c1-9(2)19-12(16-17-18-19)7-21-8-13(20)15-11-5-3-10(14)4-6-11/h3-6,9H,7-8H2,1-2H3,(H,15,20). The molecule has 1 N–H and O–H groups in total. The molecule has 2 rings (SSSR count). The Hall–Kier alpha value is -1.41. The molecule has 6 nitrogen and oxygen atoms in total. The van der Waals surface area contributed by atoms with Crippen molar-refractivity contribution in [3.63, 3.8) is 0 Å². The van der Waals surface area contributed by atoms with E-state index in [0.717, 1.165) is 16.0 Å². The van der Waals surface area contributed by atoms with E-state index < -0.39 is 0 Å². The summed E-state index contributed by atoms with van der Waals surface area (Å²) in [6.45, 7) is 4.04. The highest BCUT2D eigenvalue weighted by molar-refractivity contribution is 9.10. The molecule has 8 heteroatoms. The summed E-state index contributed by atoms with van der Waals surface area (Å²) in [6, 6.07) is 7.70. The number of hydrogen-bond donors (Lipinski definition) is 1. The summed E-state index contributed by atoms with van der Waals surface area (Å²) in [5.41, 5.74) is 0.788. The van der Waals surface area contributed by atoms with Crippen LogP contribution < -0.4 is 5.32 Å². The first-order chi connectivity index (χ1) is 10.1. The molecule has 0 aliphatic heterocycles. The van der Waals surface area contributed by atoms with E-state index in [9.17, 15) is 4.79 Å². The Bertz CT molecular complexity index is 599. The summed E-state index contributed by atoms with van der Waals surface area (Å²) in [5, 5.41) is 14.4. The largest absolute Gasteiger partial charge is 0.325 e. The van der Waals surface area contributed by atoms with Gasteiger partial charge in [-0.05, 0) is 48.5 Å². The molecule has 0 spiro atoms. The van der Waals surface area contributed by atoms with Gasteiger partial charge in [0.2, 0.25) is 5.91 Å². The van der Waals surface area contributed by atoms with Gasteiger partial charge in [-0.1, -0.05) is 15.9 Å². The Morgan fingerprint density at radius 3 is 2.76 bits per heavy atom. The zero-order valence-corrected chi connectivity index (χ0v) is 14.2. The number of nitrogens with zero attached hydrogens (tertiary/aromatic N) is 4. The maximum atomic E-state index is 11.8. The first-order valence-electron chi connectivity index (χ1n) is 6.46. The van der Waals surface area contributed by atoms with Crippen LogP contribution in [0.3, 0.4) is 0 Å². The molecule has 0 bridgehead atoms. The smallest absolute Gasteiger partial charge is 0.234 e. The molecular weight excluding hydrogens is 354 g/mol. The molecule has 0 saturated carbocycles. The van der Waals surface area contributed by atoms with E-state index in [4.69, 9.17) is 0 Å². The summed E-state index contributed by atoms with van der Waals surface area (Å²) < 4.78 is 2.75. The molecule has 0 aliphatic carbocycles. The number of amides is 1. The molecule has 0 radical (unpaired) electrons. The van der Waals surface area contributed by atoms with Crippen molar-refractivity contribution in [3.8, 4) is 0 Å². The molecule has 1 amide bonds. The first-order valence-corrected chi connectivity index (χ1v) is 8.41. The SMILES string of the molecule is CC(C)n1nnnc1CSCC(=O)Nc1ccc(Br)cc1. The van der Waals surface area contributed by atoms with Gasteiger partial charge in [0.05, 0.1) is 17.5 Å². The molecule has 21 heavy (non-hydrogen) atoms. The topological polar surface area (TPSA) is 72.7 Å². The Balaban J connectivity index is 1.79. The lowest BCUT2D eigenvalue weighted by molar-refractivity contribution is -0.113. The lowest BCUT2D eigenvalue weighted by Gasteiger charge is -2.08. The molecule has 1 aromatic heterocycles. The number of hydrogen-bond acceptors (Lipinski definition) is 5. The maximum absolute atomic E-state index is 11.8. The van der Waals surface area contributed by atoms with Gasteiger partial charge in [-0.25, -0.2) is 4.68 Å². The molecular formula is C13H16BrN5OS. The maximum Gasteiger partial charge on any atom is 0.234 e. The molecule has 0 atom stereocenters. The van der Waals surface area contributed by atoms with Gasteiger partial charge in [-0.15, -0.1) is 16.9 Å². The predicted octanol–water partition coefficient (Wildman–Crippen LogP) is 2.89. The van der Waals surface area contributed by atoms with Gasteiger partial charge < -0.3 is 5.32 Å². The average Bonchev–Trinajstić information content (AvgIpc) is 2.90. The number of halogens is 1. The van der Waals surface area contributed by atoms with Crippen molar-refractivity contribution in [3.05, 3.63) is 34.6 Å². The Morgan fingerprint density at radius 1 is 1.38 bits per heavy atom. The number of thioether (sulfide) groups is 1. The fourth-order valence-electron chi connectivity index (χ4n) is 1.67. The number of aromatic nitrogens is 4. The van der Waals surface area contributed by atoms with Gasteiger partial charge in [0.1, 0.15) is 0 Å². The summed E-state index contributed by atoms with van der Waals surface area (Å²) in [7, 11) is 0. The van der Waals surface area contributed by atoms with E-state index in [-0.39, 0.29) is 11.9 Å². The Morgan fingerprint density at radius 2 is 2.10 bits per heavy atom. The lowest BCUT2D eigenvalue weighted by atomic mass is 10.3. The Kier molecular flexibility index (Phi) is 5.75. The van der Waals surface area contributed by atoms with Crippen LogP contribution in [-0.2, 0) is 10.5 Å². The van der Waals surface area contributed by atoms with Crippen molar-refractivity contribution in [2.24, 2.45) is 0 Å². The fraction of sp³-hybridized carbons (Fsp3) is 0.385. The fourth-order valence-corrected chi connectivity index (χ4v) is 2.67. The van der Waals surface area contributed by atoms with Crippen LogP contribution in [0.25, 0.3) is 0 Å². The van der Waals surface area contributed by atoms with E-state index in [1.807, 2.05) is 38.1 Å². The summed E-state index contributed by atoms with van der Waals surface area (Å²) >= 11 is 4.84. The van der Waals surface area contributed by atoms with Gasteiger partial charge in [-0.2, -0.15) is 0 Å². The minimum atomic E-state index is -0.0362. The third-order valence-corrected chi connectivity index (χ3v) is 4.10. The minimum Gasteiger partial charge on any atom is -0.325 e. The molecule has 1 heterocycles. The lowest BCUT2D eigenvalue weighted by Crippen LogP contribution is -2.14. The number of anilines is 1.